The quantitative estimate of drug-likeness (QED) is 0.660. The van der Waals surface area contributed by atoms with Crippen LogP contribution < -0.4 is 5.32 Å². The predicted octanol–water partition coefficient (Wildman–Crippen LogP) is 4.09. The number of benzene rings is 1. The van der Waals surface area contributed by atoms with Crippen LogP contribution in [0.25, 0.3) is 10.4 Å². The van der Waals surface area contributed by atoms with Gasteiger partial charge in [0.15, 0.2) is 6.61 Å². The van der Waals surface area contributed by atoms with Crippen molar-refractivity contribution in [3.05, 3.63) is 69.5 Å². The average Bonchev–Trinajstić information content (AvgIpc) is 3.30. The van der Waals surface area contributed by atoms with Crippen molar-refractivity contribution in [2.75, 3.05) is 6.61 Å². The van der Waals surface area contributed by atoms with Crippen molar-refractivity contribution in [1.29, 1.82) is 0 Å². The van der Waals surface area contributed by atoms with Gasteiger partial charge in [0.2, 0.25) is 0 Å². The highest BCUT2D eigenvalue weighted by Gasteiger charge is 2.13. The third kappa shape index (κ3) is 4.74. The minimum Gasteiger partial charge on any atom is -0.451 e. The summed E-state index contributed by atoms with van der Waals surface area (Å²) in [5, 5.41) is 4.62. The molecule has 0 saturated carbocycles. The predicted molar refractivity (Wildman–Crippen MR) is 96.2 cm³/mol. The number of carbonyl (C=O) groups excluding carboxylic acids is 2. The molecular weight excluding hydrogens is 361 g/mol. The Labute approximate surface area is 151 Å². The number of halogens is 1. The smallest absolute Gasteiger partial charge is 0.348 e. The van der Waals surface area contributed by atoms with Crippen molar-refractivity contribution < 1.29 is 18.7 Å². The highest BCUT2D eigenvalue weighted by atomic mass is 32.1. The summed E-state index contributed by atoms with van der Waals surface area (Å²) in [7, 11) is 0. The van der Waals surface area contributed by atoms with Crippen LogP contribution in [0.4, 0.5) is 4.39 Å². The van der Waals surface area contributed by atoms with E-state index in [9.17, 15) is 14.0 Å². The number of ether oxygens (including phenoxy) is 1. The summed E-state index contributed by atoms with van der Waals surface area (Å²) in [6.07, 6.45) is 0. The second-order valence-electron chi connectivity index (χ2n) is 5.10. The van der Waals surface area contributed by atoms with Gasteiger partial charge in [0, 0.05) is 9.75 Å². The molecule has 0 saturated heterocycles. The fourth-order valence-corrected chi connectivity index (χ4v) is 3.62. The summed E-state index contributed by atoms with van der Waals surface area (Å²) in [5.74, 6) is -1.21. The van der Waals surface area contributed by atoms with Gasteiger partial charge in [0.05, 0.1) is 6.54 Å². The molecule has 4 nitrogen and oxygen atoms in total. The van der Waals surface area contributed by atoms with Gasteiger partial charge in [0.1, 0.15) is 10.7 Å². The number of amides is 1. The Bertz CT molecular complexity index is 857. The lowest BCUT2D eigenvalue weighted by atomic mass is 10.2. The molecule has 3 rings (SSSR count). The van der Waals surface area contributed by atoms with Gasteiger partial charge in [-0.25, -0.2) is 9.18 Å². The normalized spacial score (nSPS) is 10.4. The first-order chi connectivity index (χ1) is 12.1. The maximum absolute atomic E-state index is 13.0. The van der Waals surface area contributed by atoms with Crippen LogP contribution in [0, 0.1) is 5.82 Å². The molecule has 1 aromatic carbocycles. The lowest BCUT2D eigenvalue weighted by Gasteiger charge is -2.04. The second kappa shape index (κ2) is 8.04. The minimum atomic E-state index is -0.551. The largest absolute Gasteiger partial charge is 0.451 e. The van der Waals surface area contributed by atoms with Crippen molar-refractivity contribution in [3.63, 3.8) is 0 Å². The molecule has 3 aromatic rings. The molecule has 25 heavy (non-hydrogen) atoms. The monoisotopic (exact) mass is 375 g/mol. The van der Waals surface area contributed by atoms with Gasteiger partial charge in [-0.1, -0.05) is 18.2 Å². The highest BCUT2D eigenvalue weighted by Crippen LogP contribution is 2.28. The molecule has 0 fully saturated rings. The van der Waals surface area contributed by atoms with Gasteiger partial charge in [-0.2, -0.15) is 0 Å². The first kappa shape index (κ1) is 17.3. The molecule has 1 N–H and O–H groups in total. The average molecular weight is 375 g/mol. The number of hydrogen-bond acceptors (Lipinski definition) is 5. The summed E-state index contributed by atoms with van der Waals surface area (Å²) in [5.41, 5.74) is 0.819. The zero-order valence-electron chi connectivity index (χ0n) is 13.0. The van der Waals surface area contributed by atoms with Crippen LogP contribution in [0.15, 0.2) is 53.9 Å². The standard InChI is InChI=1S/C18H14FNO3S2/c19-13-5-3-12(4-6-13)15-7-8-16(25-15)18(22)23-11-17(21)20-10-14-2-1-9-24-14/h1-9H,10-11H2,(H,20,21). The van der Waals surface area contributed by atoms with Crippen LogP contribution in [0.5, 0.6) is 0 Å². The molecule has 0 aliphatic rings. The minimum absolute atomic E-state index is 0.312. The topological polar surface area (TPSA) is 55.4 Å². The number of hydrogen-bond donors (Lipinski definition) is 1. The van der Waals surface area contributed by atoms with Gasteiger partial charge in [-0.15, -0.1) is 22.7 Å². The van der Waals surface area contributed by atoms with Gasteiger partial charge in [-0.05, 0) is 41.3 Å². The van der Waals surface area contributed by atoms with Crippen LogP contribution in [0.1, 0.15) is 14.5 Å². The molecule has 7 heteroatoms. The lowest BCUT2D eigenvalue weighted by Crippen LogP contribution is -2.27. The molecular formula is C18H14FNO3S2. The third-order valence-electron chi connectivity index (χ3n) is 3.31. The van der Waals surface area contributed by atoms with Crippen molar-refractivity contribution in [2.45, 2.75) is 6.54 Å². The molecule has 0 atom stereocenters. The van der Waals surface area contributed by atoms with Crippen molar-refractivity contribution in [3.8, 4) is 10.4 Å². The molecule has 0 radical (unpaired) electrons. The Balaban J connectivity index is 1.51. The Morgan fingerprint density at radius 1 is 1.08 bits per heavy atom. The number of nitrogens with one attached hydrogen (secondary N) is 1. The van der Waals surface area contributed by atoms with Crippen molar-refractivity contribution in [2.24, 2.45) is 0 Å². The Morgan fingerprint density at radius 3 is 2.60 bits per heavy atom. The maximum Gasteiger partial charge on any atom is 0.348 e. The second-order valence-corrected chi connectivity index (χ2v) is 7.22. The maximum atomic E-state index is 13.0. The SMILES string of the molecule is O=C(COC(=O)c1ccc(-c2ccc(F)cc2)s1)NCc1cccs1. The fourth-order valence-electron chi connectivity index (χ4n) is 2.07. The molecule has 0 bridgehead atoms. The van der Waals surface area contributed by atoms with E-state index in [1.807, 2.05) is 17.5 Å². The zero-order valence-corrected chi connectivity index (χ0v) is 14.7. The van der Waals surface area contributed by atoms with Crippen LogP contribution in [0.3, 0.4) is 0 Å². The summed E-state index contributed by atoms with van der Waals surface area (Å²) in [6.45, 7) is 0.0930. The summed E-state index contributed by atoms with van der Waals surface area (Å²) in [6, 6.07) is 13.3. The van der Waals surface area contributed by atoms with E-state index < -0.39 is 5.97 Å². The molecule has 0 spiro atoms. The summed E-state index contributed by atoms with van der Waals surface area (Å²) in [4.78, 5) is 26.0. The summed E-state index contributed by atoms with van der Waals surface area (Å²) < 4.78 is 18.0. The number of esters is 1. The van der Waals surface area contributed by atoms with Gasteiger partial charge >= 0.3 is 5.97 Å². The van der Waals surface area contributed by atoms with Crippen molar-refractivity contribution in [1.82, 2.24) is 5.32 Å². The third-order valence-corrected chi connectivity index (χ3v) is 5.30. The molecule has 128 valence electrons. The molecule has 2 heterocycles. The molecule has 1 amide bonds. The first-order valence-corrected chi connectivity index (χ1v) is 9.13. The van der Waals surface area contributed by atoms with E-state index in [2.05, 4.69) is 5.32 Å². The molecule has 0 aliphatic carbocycles. The number of rotatable bonds is 6. The molecule has 0 unspecified atom stereocenters. The van der Waals surface area contributed by atoms with Crippen LogP contribution >= 0.6 is 22.7 Å². The molecule has 0 aliphatic heterocycles. The Hall–Kier alpha value is -2.51. The van der Waals surface area contributed by atoms with E-state index in [4.69, 9.17) is 4.74 Å². The highest BCUT2D eigenvalue weighted by molar-refractivity contribution is 7.17. The van der Waals surface area contributed by atoms with E-state index in [1.165, 1.54) is 23.5 Å². The fraction of sp³-hybridized carbons (Fsp3) is 0.111. The van der Waals surface area contributed by atoms with E-state index in [-0.39, 0.29) is 18.3 Å². The number of carbonyl (C=O) groups is 2. The van der Waals surface area contributed by atoms with Gasteiger partial charge in [-0.3, -0.25) is 4.79 Å². The lowest BCUT2D eigenvalue weighted by molar-refractivity contribution is -0.124. The number of thiophene rings is 2. The van der Waals surface area contributed by atoms with E-state index >= 15 is 0 Å². The van der Waals surface area contributed by atoms with Crippen LogP contribution in [-0.2, 0) is 16.1 Å². The first-order valence-electron chi connectivity index (χ1n) is 7.44. The summed E-state index contributed by atoms with van der Waals surface area (Å²) >= 11 is 2.78. The van der Waals surface area contributed by atoms with Gasteiger partial charge < -0.3 is 10.1 Å². The van der Waals surface area contributed by atoms with E-state index in [1.54, 1.807) is 35.6 Å². The van der Waals surface area contributed by atoms with E-state index in [0.29, 0.717) is 11.4 Å². The van der Waals surface area contributed by atoms with Crippen molar-refractivity contribution >= 4 is 34.6 Å². The Kier molecular flexibility index (Phi) is 5.57. The van der Waals surface area contributed by atoms with E-state index in [0.717, 1.165) is 15.3 Å². The zero-order chi connectivity index (χ0) is 17.6. The Morgan fingerprint density at radius 2 is 1.88 bits per heavy atom. The van der Waals surface area contributed by atoms with Crippen LogP contribution in [-0.4, -0.2) is 18.5 Å². The van der Waals surface area contributed by atoms with Gasteiger partial charge in [0.25, 0.3) is 5.91 Å². The van der Waals surface area contributed by atoms with Crippen LogP contribution in [0.2, 0.25) is 0 Å². The molecule has 2 aromatic heterocycles.